The Balaban J connectivity index is 2.57. The fourth-order valence-corrected chi connectivity index (χ4v) is 2.92. The number of rotatable bonds is 5. The third-order valence-electron chi connectivity index (χ3n) is 4.30. The Morgan fingerprint density at radius 1 is 0.960 bits per heavy atom. The summed E-state index contributed by atoms with van der Waals surface area (Å²) in [6, 6.07) is 8.09. The fourth-order valence-electron chi connectivity index (χ4n) is 2.92. The van der Waals surface area contributed by atoms with E-state index in [0.717, 1.165) is 11.1 Å². The van der Waals surface area contributed by atoms with Crippen molar-refractivity contribution in [1.29, 1.82) is 0 Å². The summed E-state index contributed by atoms with van der Waals surface area (Å²) in [4.78, 5) is 11.9. The highest BCUT2D eigenvalue weighted by molar-refractivity contribution is 5.75. The smallest absolute Gasteiger partial charge is 0.322 e. The van der Waals surface area contributed by atoms with Gasteiger partial charge in [-0.3, -0.25) is 4.79 Å². The molecule has 0 saturated heterocycles. The first-order valence-corrected chi connectivity index (χ1v) is 8.19. The van der Waals surface area contributed by atoms with E-state index in [-0.39, 0.29) is 0 Å². The fraction of sp³-hybridized carbons (Fsp3) is 0.350. The molecule has 3 nitrogen and oxygen atoms in total. The van der Waals surface area contributed by atoms with Crippen molar-refractivity contribution >= 4 is 5.97 Å². The van der Waals surface area contributed by atoms with Crippen molar-refractivity contribution in [2.45, 2.75) is 45.8 Å². The van der Waals surface area contributed by atoms with Crippen LogP contribution in [-0.4, -0.2) is 18.1 Å². The summed E-state index contributed by atoms with van der Waals surface area (Å²) in [5.41, 5.74) is 8.54. The van der Waals surface area contributed by atoms with Crippen LogP contribution in [0.25, 0.3) is 0 Å². The van der Waals surface area contributed by atoms with Crippen molar-refractivity contribution in [3.8, 4) is 0 Å². The van der Waals surface area contributed by atoms with E-state index in [0.29, 0.717) is 11.1 Å². The van der Waals surface area contributed by atoms with Crippen LogP contribution in [0.1, 0.15) is 42.0 Å². The van der Waals surface area contributed by atoms with Crippen LogP contribution >= 0.6 is 0 Å². The van der Waals surface area contributed by atoms with Crippen LogP contribution in [0.5, 0.6) is 0 Å². The van der Waals surface area contributed by atoms with Gasteiger partial charge in [0.1, 0.15) is 23.8 Å². The predicted molar refractivity (Wildman–Crippen MR) is 93.3 cm³/mol. The van der Waals surface area contributed by atoms with Crippen molar-refractivity contribution in [1.82, 2.24) is 0 Å². The van der Waals surface area contributed by atoms with Gasteiger partial charge in [-0.15, -0.1) is 0 Å². The van der Waals surface area contributed by atoms with Crippen molar-refractivity contribution < 1.29 is 18.3 Å². The second-order valence-electron chi connectivity index (χ2n) is 6.41. The zero-order valence-corrected chi connectivity index (χ0v) is 14.8. The molecule has 0 amide bonds. The zero-order valence-electron chi connectivity index (χ0n) is 14.8. The third kappa shape index (κ3) is 4.42. The zero-order chi connectivity index (χ0) is 18.7. The maximum absolute atomic E-state index is 13.9. The normalized spacial score (nSPS) is 13.6. The van der Waals surface area contributed by atoms with Crippen LogP contribution in [0.15, 0.2) is 36.4 Å². The number of hydrogen-bond donors (Lipinski definition) is 1. The summed E-state index contributed by atoms with van der Waals surface area (Å²) in [7, 11) is 0. The van der Waals surface area contributed by atoms with Gasteiger partial charge in [0.15, 0.2) is 0 Å². The van der Waals surface area contributed by atoms with Crippen LogP contribution in [0.4, 0.5) is 8.78 Å². The minimum absolute atomic E-state index is 0.398. The second-order valence-corrected chi connectivity index (χ2v) is 6.41. The largest absolute Gasteiger partial charge is 0.461 e. The summed E-state index contributed by atoms with van der Waals surface area (Å²) in [6.45, 7) is 6.93. The van der Waals surface area contributed by atoms with E-state index >= 15 is 0 Å². The van der Waals surface area contributed by atoms with Gasteiger partial charge < -0.3 is 10.5 Å². The molecule has 0 aromatic heterocycles. The molecular weight excluding hydrogens is 324 g/mol. The molecule has 2 rings (SSSR count). The first-order valence-electron chi connectivity index (χ1n) is 8.19. The number of halogens is 2. The van der Waals surface area contributed by atoms with Gasteiger partial charge in [0.05, 0.1) is 0 Å². The highest BCUT2D eigenvalue weighted by Gasteiger charge is 2.28. The van der Waals surface area contributed by atoms with E-state index < -0.39 is 35.7 Å². The van der Waals surface area contributed by atoms with Gasteiger partial charge >= 0.3 is 5.97 Å². The number of esters is 1. The lowest BCUT2D eigenvalue weighted by Gasteiger charge is -2.28. The molecule has 0 heterocycles. The number of aryl methyl sites for hydroxylation is 2. The highest BCUT2D eigenvalue weighted by atomic mass is 19.1. The SMILES string of the molecule is Cc1ccc(F)cc1C(c1cc(F)ccc1C)[C@H](C)OC(=O)[C@H](C)N. The van der Waals surface area contributed by atoms with E-state index in [9.17, 15) is 13.6 Å². The summed E-state index contributed by atoms with van der Waals surface area (Å²) >= 11 is 0. The molecule has 5 heteroatoms. The van der Waals surface area contributed by atoms with Gasteiger partial charge in [-0.2, -0.15) is 0 Å². The summed E-state index contributed by atoms with van der Waals surface area (Å²) in [6.07, 6.45) is -0.639. The Bertz CT molecular complexity index is 723. The average Bonchev–Trinajstić information content (AvgIpc) is 2.54. The molecule has 2 N–H and O–H groups in total. The van der Waals surface area contributed by atoms with Crippen LogP contribution in [-0.2, 0) is 9.53 Å². The molecule has 2 aromatic carbocycles. The quantitative estimate of drug-likeness (QED) is 0.832. The molecule has 0 spiro atoms. The van der Waals surface area contributed by atoms with Crippen LogP contribution in [0.3, 0.4) is 0 Å². The molecule has 0 fully saturated rings. The first kappa shape index (κ1) is 19.1. The van der Waals surface area contributed by atoms with Gasteiger partial charge in [0, 0.05) is 5.92 Å². The van der Waals surface area contributed by atoms with E-state index in [1.165, 1.54) is 31.2 Å². The van der Waals surface area contributed by atoms with Gasteiger partial charge in [0.25, 0.3) is 0 Å². The van der Waals surface area contributed by atoms with E-state index in [4.69, 9.17) is 10.5 Å². The van der Waals surface area contributed by atoms with E-state index in [2.05, 4.69) is 0 Å². The van der Waals surface area contributed by atoms with Crippen molar-refractivity contribution in [3.63, 3.8) is 0 Å². The maximum Gasteiger partial charge on any atom is 0.322 e. The Labute approximate surface area is 146 Å². The summed E-state index contributed by atoms with van der Waals surface area (Å²) in [5, 5.41) is 0. The number of carbonyl (C=O) groups excluding carboxylic acids is 1. The van der Waals surface area contributed by atoms with Crippen LogP contribution in [0.2, 0.25) is 0 Å². The Morgan fingerprint density at radius 3 is 1.80 bits per heavy atom. The lowest BCUT2D eigenvalue weighted by atomic mass is 9.82. The van der Waals surface area contributed by atoms with E-state index in [1.54, 1.807) is 19.1 Å². The number of ether oxygens (including phenoxy) is 1. The number of benzene rings is 2. The minimum Gasteiger partial charge on any atom is -0.461 e. The lowest BCUT2D eigenvalue weighted by Crippen LogP contribution is -2.34. The number of hydrogen-bond acceptors (Lipinski definition) is 3. The molecular formula is C20H23F2NO2. The first-order chi connectivity index (χ1) is 11.7. The third-order valence-corrected chi connectivity index (χ3v) is 4.30. The number of carbonyl (C=O) groups is 1. The topological polar surface area (TPSA) is 52.3 Å². The maximum atomic E-state index is 13.9. The molecule has 0 aliphatic rings. The summed E-state index contributed by atoms with van der Waals surface area (Å²) in [5.74, 6) is -1.86. The second kappa shape index (κ2) is 7.74. The van der Waals surface area contributed by atoms with Crippen molar-refractivity contribution in [2.75, 3.05) is 0 Å². The van der Waals surface area contributed by atoms with Gasteiger partial charge in [-0.05, 0) is 74.2 Å². The molecule has 2 aromatic rings. The standard InChI is InChI=1S/C20H23F2NO2/c1-11-5-7-15(21)9-17(11)19(14(4)25-20(24)13(3)23)18-10-16(22)8-6-12(18)2/h5-10,13-14,19H,23H2,1-4H3/t13-,14-/m0/s1. The van der Waals surface area contributed by atoms with Crippen molar-refractivity contribution in [3.05, 3.63) is 70.3 Å². The predicted octanol–water partition coefficient (Wildman–Crippen LogP) is 3.99. The lowest BCUT2D eigenvalue weighted by molar-refractivity contribution is -0.150. The Hall–Kier alpha value is -2.27. The molecule has 25 heavy (non-hydrogen) atoms. The van der Waals surface area contributed by atoms with Crippen molar-refractivity contribution in [2.24, 2.45) is 5.73 Å². The van der Waals surface area contributed by atoms with Gasteiger partial charge in [0.2, 0.25) is 0 Å². The van der Waals surface area contributed by atoms with Crippen LogP contribution < -0.4 is 5.73 Å². The minimum atomic E-state index is -0.773. The van der Waals surface area contributed by atoms with Gasteiger partial charge in [-0.1, -0.05) is 12.1 Å². The Morgan fingerprint density at radius 2 is 1.40 bits per heavy atom. The van der Waals surface area contributed by atoms with Crippen LogP contribution in [0, 0.1) is 25.5 Å². The monoisotopic (exact) mass is 347 g/mol. The molecule has 2 atom stereocenters. The van der Waals surface area contributed by atoms with Gasteiger partial charge in [-0.25, -0.2) is 8.78 Å². The molecule has 134 valence electrons. The molecule has 0 saturated carbocycles. The molecule has 0 unspecified atom stereocenters. The molecule has 0 bridgehead atoms. The van der Waals surface area contributed by atoms with E-state index in [1.807, 2.05) is 13.8 Å². The molecule has 0 aliphatic heterocycles. The summed E-state index contributed by atoms with van der Waals surface area (Å²) < 4.78 is 33.2. The Kier molecular flexibility index (Phi) is 5.90. The highest BCUT2D eigenvalue weighted by Crippen LogP contribution is 2.34. The average molecular weight is 347 g/mol. The number of nitrogens with two attached hydrogens (primary N) is 1. The molecule has 0 aliphatic carbocycles. The molecule has 0 radical (unpaired) electrons.